The lowest BCUT2D eigenvalue weighted by molar-refractivity contribution is -0.130. The van der Waals surface area contributed by atoms with E-state index >= 15 is 0 Å². The number of nitrogens with two attached hydrogens (primary N) is 1. The van der Waals surface area contributed by atoms with E-state index in [2.05, 4.69) is 5.32 Å². The minimum absolute atomic E-state index is 0.288. The molecule has 0 heterocycles. The molecule has 0 aromatic heterocycles. The number of hydrogen-bond donors (Lipinski definition) is 4. The second kappa shape index (κ2) is 4.21. The van der Waals surface area contributed by atoms with E-state index in [1.54, 1.807) is 14.0 Å². The number of hydrogen-bond acceptors (Lipinski definition) is 4. The van der Waals surface area contributed by atoms with E-state index in [4.69, 9.17) is 10.9 Å². The van der Waals surface area contributed by atoms with Gasteiger partial charge in [-0.3, -0.25) is 10.2 Å². The van der Waals surface area contributed by atoms with Gasteiger partial charge >= 0.3 is 0 Å². The Hall–Kier alpha value is -0.650. The molecule has 2 atom stereocenters. The molecule has 0 spiro atoms. The number of carbonyl (C=O) groups excluding carboxylic acids is 1. The highest BCUT2D eigenvalue weighted by Gasteiger charge is 2.19. The van der Waals surface area contributed by atoms with Crippen LogP contribution in [0.5, 0.6) is 0 Å². The number of aliphatic hydroxyl groups excluding tert-OH is 1. The van der Waals surface area contributed by atoms with Crippen molar-refractivity contribution < 1.29 is 9.90 Å². The van der Waals surface area contributed by atoms with Gasteiger partial charge in [-0.25, -0.2) is 5.84 Å². The van der Waals surface area contributed by atoms with Crippen LogP contribution in [-0.4, -0.2) is 30.2 Å². The highest BCUT2D eigenvalue weighted by Crippen LogP contribution is 1.89. The van der Waals surface area contributed by atoms with Crippen LogP contribution in [0.3, 0.4) is 0 Å². The van der Waals surface area contributed by atoms with Gasteiger partial charge in [-0.15, -0.1) is 0 Å². The molecule has 0 aliphatic carbocycles. The van der Waals surface area contributed by atoms with E-state index in [1.807, 2.05) is 5.43 Å². The van der Waals surface area contributed by atoms with Crippen molar-refractivity contribution in [1.82, 2.24) is 10.7 Å². The Kier molecular flexibility index (Phi) is 3.94. The second-order valence-corrected chi connectivity index (χ2v) is 2.03. The minimum atomic E-state index is -1.09. The van der Waals surface area contributed by atoms with E-state index in [0.717, 1.165) is 0 Å². The molecule has 5 nitrogen and oxygen atoms in total. The number of nitrogens with one attached hydrogen (secondary N) is 2. The van der Waals surface area contributed by atoms with Crippen molar-refractivity contribution >= 4 is 5.91 Å². The summed E-state index contributed by atoms with van der Waals surface area (Å²) in [5.74, 6) is 4.20. The number of hydrazine groups is 1. The molecule has 0 aromatic carbocycles. The van der Waals surface area contributed by atoms with E-state index in [0.29, 0.717) is 0 Å². The first-order chi connectivity index (χ1) is 4.63. The number of carbonyl (C=O) groups is 1. The summed E-state index contributed by atoms with van der Waals surface area (Å²) in [7, 11) is 1.65. The summed E-state index contributed by atoms with van der Waals surface area (Å²) >= 11 is 0. The Labute approximate surface area is 59.6 Å². The van der Waals surface area contributed by atoms with E-state index < -0.39 is 12.0 Å². The summed E-state index contributed by atoms with van der Waals surface area (Å²) in [5.41, 5.74) is 1.85. The summed E-state index contributed by atoms with van der Waals surface area (Å²) in [6.07, 6.45) is -1.09. The normalized spacial score (nSPS) is 16.0. The smallest absolute Gasteiger partial charge is 0.264 e. The summed E-state index contributed by atoms with van der Waals surface area (Å²) < 4.78 is 0. The fourth-order valence-electron chi connectivity index (χ4n) is 0.470. The SMILES string of the molecule is CNC(C)C(O)C(=O)NN. The van der Waals surface area contributed by atoms with Crippen molar-refractivity contribution in [3.8, 4) is 0 Å². The van der Waals surface area contributed by atoms with Crippen LogP contribution in [0.1, 0.15) is 6.92 Å². The second-order valence-electron chi connectivity index (χ2n) is 2.03. The molecular formula is C5H13N3O2. The monoisotopic (exact) mass is 147 g/mol. The van der Waals surface area contributed by atoms with Crippen molar-refractivity contribution in [2.24, 2.45) is 5.84 Å². The van der Waals surface area contributed by atoms with Gasteiger partial charge in [0.05, 0.1) is 0 Å². The van der Waals surface area contributed by atoms with Crippen molar-refractivity contribution in [1.29, 1.82) is 0 Å². The Balaban J connectivity index is 3.81. The van der Waals surface area contributed by atoms with Crippen LogP contribution in [-0.2, 0) is 4.79 Å². The van der Waals surface area contributed by atoms with Crippen molar-refractivity contribution in [3.05, 3.63) is 0 Å². The summed E-state index contributed by atoms with van der Waals surface area (Å²) in [4.78, 5) is 10.6. The third-order valence-electron chi connectivity index (χ3n) is 1.34. The van der Waals surface area contributed by atoms with Gasteiger partial charge in [0.25, 0.3) is 5.91 Å². The van der Waals surface area contributed by atoms with Crippen LogP contribution in [0.2, 0.25) is 0 Å². The third-order valence-corrected chi connectivity index (χ3v) is 1.34. The first-order valence-electron chi connectivity index (χ1n) is 2.99. The van der Waals surface area contributed by atoms with E-state index in [9.17, 15) is 4.79 Å². The Morgan fingerprint density at radius 3 is 2.50 bits per heavy atom. The van der Waals surface area contributed by atoms with E-state index in [-0.39, 0.29) is 6.04 Å². The lowest BCUT2D eigenvalue weighted by Gasteiger charge is -2.15. The first-order valence-corrected chi connectivity index (χ1v) is 2.99. The topological polar surface area (TPSA) is 87.4 Å². The van der Waals surface area contributed by atoms with Crippen molar-refractivity contribution in [2.75, 3.05) is 7.05 Å². The fourth-order valence-corrected chi connectivity index (χ4v) is 0.470. The molecule has 1 amide bonds. The molecule has 0 rings (SSSR count). The molecule has 0 aliphatic heterocycles. The average Bonchev–Trinajstić information content (AvgIpc) is 2.00. The van der Waals surface area contributed by atoms with Gasteiger partial charge in [-0.2, -0.15) is 0 Å². The van der Waals surface area contributed by atoms with Gasteiger partial charge in [-0.05, 0) is 14.0 Å². The molecule has 0 saturated carbocycles. The average molecular weight is 147 g/mol. The summed E-state index contributed by atoms with van der Waals surface area (Å²) in [6, 6.07) is -0.288. The van der Waals surface area contributed by atoms with Gasteiger partial charge in [-0.1, -0.05) is 0 Å². The van der Waals surface area contributed by atoms with Crippen LogP contribution in [0.15, 0.2) is 0 Å². The number of likely N-dealkylation sites (N-methyl/N-ethyl adjacent to an activating group) is 1. The maximum Gasteiger partial charge on any atom is 0.264 e. The lowest BCUT2D eigenvalue weighted by atomic mass is 10.2. The van der Waals surface area contributed by atoms with E-state index in [1.165, 1.54) is 0 Å². The van der Waals surface area contributed by atoms with Crippen LogP contribution >= 0.6 is 0 Å². The zero-order chi connectivity index (χ0) is 8.15. The Morgan fingerprint density at radius 2 is 2.20 bits per heavy atom. The molecule has 0 fully saturated rings. The molecule has 2 unspecified atom stereocenters. The zero-order valence-electron chi connectivity index (χ0n) is 6.09. The molecule has 0 aromatic rings. The predicted octanol–water partition coefficient (Wildman–Crippen LogP) is -2.05. The molecule has 5 heteroatoms. The van der Waals surface area contributed by atoms with Gasteiger partial charge in [0.2, 0.25) is 0 Å². The number of aliphatic hydroxyl groups is 1. The predicted molar refractivity (Wildman–Crippen MR) is 36.9 cm³/mol. The van der Waals surface area contributed by atoms with Crippen LogP contribution in [0.25, 0.3) is 0 Å². The maximum absolute atomic E-state index is 10.6. The summed E-state index contributed by atoms with van der Waals surface area (Å²) in [5, 5.41) is 11.7. The lowest BCUT2D eigenvalue weighted by Crippen LogP contribution is -2.48. The highest BCUT2D eigenvalue weighted by molar-refractivity contribution is 5.80. The van der Waals surface area contributed by atoms with Gasteiger partial charge in [0.1, 0.15) is 6.10 Å². The molecule has 5 N–H and O–H groups in total. The highest BCUT2D eigenvalue weighted by atomic mass is 16.3. The number of rotatable bonds is 3. The maximum atomic E-state index is 10.6. The summed E-state index contributed by atoms with van der Waals surface area (Å²) in [6.45, 7) is 1.68. The largest absolute Gasteiger partial charge is 0.382 e. The third kappa shape index (κ3) is 2.30. The molecule has 0 saturated heterocycles. The van der Waals surface area contributed by atoms with Crippen LogP contribution < -0.4 is 16.6 Å². The molecule has 10 heavy (non-hydrogen) atoms. The number of amides is 1. The first kappa shape index (κ1) is 9.35. The molecule has 0 aliphatic rings. The molecule has 0 bridgehead atoms. The van der Waals surface area contributed by atoms with Crippen molar-refractivity contribution in [2.45, 2.75) is 19.1 Å². The molecule has 0 radical (unpaired) electrons. The zero-order valence-corrected chi connectivity index (χ0v) is 6.09. The van der Waals surface area contributed by atoms with Crippen molar-refractivity contribution in [3.63, 3.8) is 0 Å². The van der Waals surface area contributed by atoms with Crippen LogP contribution in [0, 0.1) is 0 Å². The van der Waals surface area contributed by atoms with Gasteiger partial charge < -0.3 is 10.4 Å². The minimum Gasteiger partial charge on any atom is -0.382 e. The quantitative estimate of drug-likeness (QED) is 0.210. The van der Waals surface area contributed by atoms with Gasteiger partial charge in [0.15, 0.2) is 0 Å². The molecule has 60 valence electrons. The van der Waals surface area contributed by atoms with Crippen LogP contribution in [0.4, 0.5) is 0 Å². The molecular weight excluding hydrogens is 134 g/mol. The Morgan fingerprint density at radius 1 is 1.70 bits per heavy atom. The standard InChI is InChI=1S/C5H13N3O2/c1-3(7-2)4(9)5(10)8-6/h3-4,7,9H,6H2,1-2H3,(H,8,10). The fraction of sp³-hybridized carbons (Fsp3) is 0.800. The van der Waals surface area contributed by atoms with Gasteiger partial charge in [0, 0.05) is 6.04 Å². The Bertz CT molecular complexity index is 117.